The van der Waals surface area contributed by atoms with E-state index in [0.29, 0.717) is 5.75 Å². The molecular weight excluding hydrogens is 269 g/mol. The Morgan fingerprint density at radius 1 is 1.30 bits per heavy atom. The molecule has 1 aromatic rings. The highest BCUT2D eigenvalue weighted by atomic mass is 32.1. The summed E-state index contributed by atoms with van der Waals surface area (Å²) in [5, 5.41) is 0. The second-order valence-corrected chi connectivity index (χ2v) is 6.54. The van der Waals surface area contributed by atoms with Crippen molar-refractivity contribution in [1.82, 2.24) is 4.98 Å². The third-order valence-electron chi connectivity index (χ3n) is 4.01. The number of aryl methyl sites for hydroxylation is 1. The van der Waals surface area contributed by atoms with Gasteiger partial charge in [0.15, 0.2) is 0 Å². The molecule has 1 aliphatic heterocycles. The summed E-state index contributed by atoms with van der Waals surface area (Å²) in [4.78, 5) is 4.35. The topological polar surface area (TPSA) is 31.4 Å². The monoisotopic (exact) mass is 291 g/mol. The smallest absolute Gasteiger partial charge is 0.400 e. The normalized spacial score (nSPS) is 21.3. The zero-order valence-electron chi connectivity index (χ0n) is 12.8. The van der Waals surface area contributed by atoms with Gasteiger partial charge in [-0.1, -0.05) is 0 Å². The summed E-state index contributed by atoms with van der Waals surface area (Å²) < 4.78 is 12.1. The van der Waals surface area contributed by atoms with E-state index in [2.05, 4.69) is 17.6 Å². The summed E-state index contributed by atoms with van der Waals surface area (Å²) in [6.45, 7) is 10.2. The molecule has 108 valence electrons. The van der Waals surface area contributed by atoms with Gasteiger partial charge in [-0.3, -0.25) is 4.98 Å². The van der Waals surface area contributed by atoms with Gasteiger partial charge in [-0.05, 0) is 63.9 Å². The molecule has 0 aromatic carbocycles. The van der Waals surface area contributed by atoms with Gasteiger partial charge >= 0.3 is 7.12 Å². The standard InChI is InChI=1S/C15H22BNO2S/c1-11-6-7-17-13(8-11)9-12(10-20)16-18-14(2,3)15(4,5)19-16/h6-9,20H,10H2,1-5H3. The summed E-state index contributed by atoms with van der Waals surface area (Å²) in [5.41, 5.74) is 2.41. The molecule has 0 atom stereocenters. The van der Waals surface area contributed by atoms with E-state index < -0.39 is 0 Å². The molecule has 0 N–H and O–H groups in total. The lowest BCUT2D eigenvalue weighted by atomic mass is 9.78. The van der Waals surface area contributed by atoms with Crippen molar-refractivity contribution >= 4 is 25.8 Å². The maximum atomic E-state index is 6.05. The Labute approximate surface area is 127 Å². The quantitative estimate of drug-likeness (QED) is 0.684. The van der Waals surface area contributed by atoms with Gasteiger partial charge < -0.3 is 9.31 Å². The fraction of sp³-hybridized carbons (Fsp3) is 0.533. The lowest BCUT2D eigenvalue weighted by molar-refractivity contribution is 0.00578. The van der Waals surface area contributed by atoms with Crippen molar-refractivity contribution in [2.75, 3.05) is 5.75 Å². The van der Waals surface area contributed by atoms with Gasteiger partial charge in [-0.2, -0.15) is 12.6 Å². The van der Waals surface area contributed by atoms with Crippen molar-refractivity contribution in [3.63, 3.8) is 0 Å². The number of hydrogen-bond acceptors (Lipinski definition) is 4. The number of aromatic nitrogens is 1. The van der Waals surface area contributed by atoms with Crippen LogP contribution in [0.25, 0.3) is 6.08 Å². The van der Waals surface area contributed by atoms with E-state index in [1.165, 1.54) is 5.56 Å². The van der Waals surface area contributed by atoms with Crippen molar-refractivity contribution in [3.8, 4) is 0 Å². The maximum absolute atomic E-state index is 6.05. The Morgan fingerprint density at radius 3 is 2.40 bits per heavy atom. The van der Waals surface area contributed by atoms with Crippen LogP contribution in [-0.2, 0) is 9.31 Å². The fourth-order valence-electron chi connectivity index (χ4n) is 2.01. The molecule has 5 heteroatoms. The van der Waals surface area contributed by atoms with Gasteiger partial charge in [0.25, 0.3) is 0 Å². The summed E-state index contributed by atoms with van der Waals surface area (Å²) >= 11 is 4.40. The molecule has 0 radical (unpaired) electrons. The molecule has 1 aromatic heterocycles. The summed E-state index contributed by atoms with van der Waals surface area (Å²) in [5.74, 6) is 0.576. The van der Waals surface area contributed by atoms with Crippen LogP contribution in [0, 0.1) is 6.92 Å². The van der Waals surface area contributed by atoms with Crippen LogP contribution in [0.5, 0.6) is 0 Å². The molecular formula is C15H22BNO2S. The Balaban J connectivity index is 2.26. The van der Waals surface area contributed by atoms with Gasteiger partial charge in [-0.15, -0.1) is 0 Å². The highest BCUT2D eigenvalue weighted by Crippen LogP contribution is 2.38. The summed E-state index contributed by atoms with van der Waals surface area (Å²) in [6.07, 6.45) is 3.81. The van der Waals surface area contributed by atoms with Crippen molar-refractivity contribution in [2.24, 2.45) is 0 Å². The summed E-state index contributed by atoms with van der Waals surface area (Å²) in [7, 11) is -0.361. The van der Waals surface area contributed by atoms with Crippen molar-refractivity contribution in [3.05, 3.63) is 35.1 Å². The van der Waals surface area contributed by atoms with E-state index in [0.717, 1.165) is 11.2 Å². The average molecular weight is 291 g/mol. The van der Waals surface area contributed by atoms with E-state index >= 15 is 0 Å². The molecule has 0 saturated carbocycles. The third kappa shape index (κ3) is 3.10. The van der Waals surface area contributed by atoms with Gasteiger partial charge in [-0.25, -0.2) is 0 Å². The molecule has 2 heterocycles. The number of thiol groups is 1. The first-order valence-corrected chi connectivity index (χ1v) is 7.48. The Hall–Kier alpha value is -0.775. The zero-order valence-corrected chi connectivity index (χ0v) is 13.7. The van der Waals surface area contributed by atoms with Crippen LogP contribution in [0.2, 0.25) is 0 Å². The van der Waals surface area contributed by atoms with E-state index in [4.69, 9.17) is 9.31 Å². The fourth-order valence-corrected chi connectivity index (χ4v) is 2.25. The molecule has 0 aliphatic carbocycles. The minimum Gasteiger partial charge on any atom is -0.400 e. The zero-order chi connectivity index (χ0) is 15.0. The van der Waals surface area contributed by atoms with Crippen LogP contribution < -0.4 is 0 Å². The Kier molecular flexibility index (Phi) is 4.33. The van der Waals surface area contributed by atoms with Gasteiger partial charge in [0.05, 0.1) is 16.9 Å². The minimum atomic E-state index is -0.361. The van der Waals surface area contributed by atoms with Gasteiger partial charge in [0.1, 0.15) is 0 Å². The van der Waals surface area contributed by atoms with Crippen LogP contribution in [0.15, 0.2) is 23.8 Å². The molecule has 1 saturated heterocycles. The number of pyridine rings is 1. The van der Waals surface area contributed by atoms with Crippen molar-refractivity contribution in [2.45, 2.75) is 45.8 Å². The number of nitrogens with zero attached hydrogens (tertiary/aromatic N) is 1. The van der Waals surface area contributed by atoms with E-state index in [1.54, 1.807) is 0 Å². The van der Waals surface area contributed by atoms with Crippen LogP contribution >= 0.6 is 12.6 Å². The number of rotatable bonds is 3. The molecule has 0 unspecified atom stereocenters. The first-order valence-electron chi connectivity index (χ1n) is 6.85. The lowest BCUT2D eigenvalue weighted by Crippen LogP contribution is -2.41. The van der Waals surface area contributed by atoms with E-state index in [-0.39, 0.29) is 18.3 Å². The Morgan fingerprint density at radius 2 is 1.90 bits per heavy atom. The molecule has 2 rings (SSSR count). The SMILES string of the molecule is Cc1ccnc(C=C(CS)B2OC(C)(C)C(C)(C)O2)c1. The number of hydrogen-bond donors (Lipinski definition) is 1. The van der Waals surface area contributed by atoms with Crippen LogP contribution in [-0.4, -0.2) is 29.1 Å². The molecule has 0 spiro atoms. The van der Waals surface area contributed by atoms with Crippen LogP contribution in [0.1, 0.15) is 39.0 Å². The third-order valence-corrected chi connectivity index (χ3v) is 4.37. The summed E-state index contributed by atoms with van der Waals surface area (Å²) in [6, 6.07) is 4.02. The van der Waals surface area contributed by atoms with E-state index in [9.17, 15) is 0 Å². The predicted molar refractivity (Wildman–Crippen MR) is 86.9 cm³/mol. The second kappa shape index (κ2) is 5.55. The van der Waals surface area contributed by atoms with Crippen molar-refractivity contribution in [1.29, 1.82) is 0 Å². The first-order chi connectivity index (χ1) is 9.25. The lowest BCUT2D eigenvalue weighted by Gasteiger charge is -2.32. The van der Waals surface area contributed by atoms with Gasteiger partial charge in [0.2, 0.25) is 0 Å². The highest BCUT2D eigenvalue weighted by molar-refractivity contribution is 7.80. The van der Waals surface area contributed by atoms with Gasteiger partial charge in [0, 0.05) is 11.9 Å². The molecule has 1 aliphatic rings. The first kappa shape index (κ1) is 15.6. The van der Waals surface area contributed by atoms with Crippen LogP contribution in [0.4, 0.5) is 0 Å². The minimum absolute atomic E-state index is 0.334. The largest absolute Gasteiger partial charge is 0.491 e. The van der Waals surface area contributed by atoms with E-state index in [1.807, 2.05) is 59.0 Å². The molecule has 0 amide bonds. The van der Waals surface area contributed by atoms with Crippen molar-refractivity contribution < 1.29 is 9.31 Å². The maximum Gasteiger partial charge on any atom is 0.491 e. The van der Waals surface area contributed by atoms with Crippen LogP contribution in [0.3, 0.4) is 0 Å². The molecule has 20 heavy (non-hydrogen) atoms. The Bertz CT molecular complexity index is 512. The average Bonchev–Trinajstić information content (AvgIpc) is 2.55. The predicted octanol–water partition coefficient (Wildman–Crippen LogP) is 3.33. The second-order valence-electron chi connectivity index (χ2n) is 6.22. The molecule has 3 nitrogen and oxygen atoms in total. The molecule has 1 fully saturated rings. The highest BCUT2D eigenvalue weighted by Gasteiger charge is 2.52. The molecule has 0 bridgehead atoms.